The summed E-state index contributed by atoms with van der Waals surface area (Å²) in [6, 6.07) is 5.52. The van der Waals surface area contributed by atoms with Gasteiger partial charge in [0.25, 0.3) is 0 Å². The average molecular weight is 256 g/mol. The van der Waals surface area contributed by atoms with E-state index in [1.165, 1.54) is 0 Å². The Hall–Kier alpha value is -1.26. The SMILES string of the molecule is COc1c(CCl)cccc1C(O)C1=NOCC1. The molecule has 0 aliphatic carbocycles. The first-order valence-corrected chi connectivity index (χ1v) is 5.90. The second-order valence-electron chi connectivity index (χ2n) is 3.74. The number of alkyl halides is 1. The molecule has 0 amide bonds. The molecule has 0 saturated heterocycles. The topological polar surface area (TPSA) is 51.0 Å². The minimum Gasteiger partial charge on any atom is -0.496 e. The van der Waals surface area contributed by atoms with E-state index in [9.17, 15) is 5.11 Å². The molecule has 2 rings (SSSR count). The predicted molar refractivity (Wildman–Crippen MR) is 65.5 cm³/mol. The van der Waals surface area contributed by atoms with Crippen LogP contribution < -0.4 is 4.74 Å². The molecule has 0 bridgehead atoms. The molecule has 1 aliphatic rings. The Morgan fingerprint density at radius 2 is 2.41 bits per heavy atom. The minimum absolute atomic E-state index is 0.340. The maximum Gasteiger partial charge on any atom is 0.129 e. The van der Waals surface area contributed by atoms with E-state index in [1.807, 2.05) is 12.1 Å². The highest BCUT2D eigenvalue weighted by atomic mass is 35.5. The third-order valence-electron chi connectivity index (χ3n) is 2.72. The maximum atomic E-state index is 10.2. The van der Waals surface area contributed by atoms with Gasteiger partial charge in [0.1, 0.15) is 18.5 Å². The second kappa shape index (κ2) is 5.38. The summed E-state index contributed by atoms with van der Waals surface area (Å²) < 4.78 is 5.31. The van der Waals surface area contributed by atoms with Crippen LogP contribution in [-0.4, -0.2) is 24.5 Å². The molecule has 0 aromatic heterocycles. The van der Waals surface area contributed by atoms with Crippen LogP contribution >= 0.6 is 11.6 Å². The van der Waals surface area contributed by atoms with Crippen LogP contribution in [0.4, 0.5) is 0 Å². The number of nitrogens with zero attached hydrogens (tertiary/aromatic N) is 1. The molecule has 0 fully saturated rings. The summed E-state index contributed by atoms with van der Waals surface area (Å²) in [5.74, 6) is 0.955. The molecule has 1 atom stereocenters. The van der Waals surface area contributed by atoms with Gasteiger partial charge in [0.05, 0.1) is 18.7 Å². The van der Waals surface area contributed by atoms with Crippen LogP contribution in [0, 0.1) is 0 Å². The van der Waals surface area contributed by atoms with Crippen molar-refractivity contribution in [2.75, 3.05) is 13.7 Å². The molecule has 4 nitrogen and oxygen atoms in total. The summed E-state index contributed by atoms with van der Waals surface area (Å²) in [5, 5.41) is 14.0. The van der Waals surface area contributed by atoms with Gasteiger partial charge in [0.2, 0.25) is 0 Å². The normalized spacial score (nSPS) is 16.3. The van der Waals surface area contributed by atoms with Crippen LogP contribution in [0.3, 0.4) is 0 Å². The number of hydrogen-bond acceptors (Lipinski definition) is 4. The smallest absolute Gasteiger partial charge is 0.129 e. The molecule has 0 spiro atoms. The lowest BCUT2D eigenvalue weighted by molar-refractivity contribution is 0.172. The van der Waals surface area contributed by atoms with E-state index in [2.05, 4.69) is 5.16 Å². The molecular weight excluding hydrogens is 242 g/mol. The van der Waals surface area contributed by atoms with Crippen molar-refractivity contribution in [3.05, 3.63) is 29.3 Å². The Bertz CT molecular complexity index is 434. The largest absolute Gasteiger partial charge is 0.496 e. The number of oxime groups is 1. The lowest BCUT2D eigenvalue weighted by Gasteiger charge is -2.16. The Morgan fingerprint density at radius 1 is 1.59 bits per heavy atom. The number of para-hydroxylation sites is 1. The van der Waals surface area contributed by atoms with Gasteiger partial charge in [-0.15, -0.1) is 11.6 Å². The predicted octanol–water partition coefficient (Wildman–Crippen LogP) is 2.24. The first-order valence-electron chi connectivity index (χ1n) is 5.36. The quantitative estimate of drug-likeness (QED) is 0.840. The number of halogens is 1. The van der Waals surface area contributed by atoms with Crippen molar-refractivity contribution in [3.63, 3.8) is 0 Å². The molecule has 5 heteroatoms. The van der Waals surface area contributed by atoms with Gasteiger partial charge >= 0.3 is 0 Å². The van der Waals surface area contributed by atoms with Gasteiger partial charge in [-0.1, -0.05) is 23.4 Å². The minimum atomic E-state index is -0.796. The Balaban J connectivity index is 2.36. The van der Waals surface area contributed by atoms with Crippen molar-refractivity contribution < 1.29 is 14.7 Å². The summed E-state index contributed by atoms with van der Waals surface area (Å²) in [5.41, 5.74) is 2.15. The molecule has 1 unspecified atom stereocenters. The fourth-order valence-corrected chi connectivity index (χ4v) is 2.08. The third-order valence-corrected chi connectivity index (χ3v) is 3.00. The third kappa shape index (κ3) is 2.37. The molecule has 17 heavy (non-hydrogen) atoms. The summed E-state index contributed by atoms with van der Waals surface area (Å²) in [6.45, 7) is 0.518. The first kappa shape index (κ1) is 12.2. The second-order valence-corrected chi connectivity index (χ2v) is 4.01. The lowest BCUT2D eigenvalue weighted by Crippen LogP contribution is -2.12. The van der Waals surface area contributed by atoms with Crippen LogP contribution in [0.1, 0.15) is 23.7 Å². The average Bonchev–Trinajstić information content (AvgIpc) is 2.90. The number of methoxy groups -OCH3 is 1. The molecule has 1 aromatic rings. The summed E-state index contributed by atoms with van der Waals surface area (Å²) in [7, 11) is 1.56. The van der Waals surface area contributed by atoms with Gasteiger partial charge < -0.3 is 14.7 Å². The van der Waals surface area contributed by atoms with Crippen molar-refractivity contribution >= 4 is 17.3 Å². The Morgan fingerprint density at radius 3 is 3.00 bits per heavy atom. The molecule has 1 aromatic carbocycles. The number of ether oxygens (including phenoxy) is 1. The van der Waals surface area contributed by atoms with Gasteiger partial charge in [0, 0.05) is 17.5 Å². The van der Waals surface area contributed by atoms with Gasteiger partial charge in [-0.3, -0.25) is 0 Å². The van der Waals surface area contributed by atoms with E-state index in [4.69, 9.17) is 21.2 Å². The molecular formula is C12H14ClNO3. The van der Waals surface area contributed by atoms with Crippen molar-refractivity contribution in [1.29, 1.82) is 0 Å². The van der Waals surface area contributed by atoms with Crippen LogP contribution in [0.5, 0.6) is 5.75 Å². The van der Waals surface area contributed by atoms with Gasteiger partial charge in [0.15, 0.2) is 0 Å². The van der Waals surface area contributed by atoms with Crippen LogP contribution in [0.15, 0.2) is 23.4 Å². The zero-order valence-corrected chi connectivity index (χ0v) is 10.3. The van der Waals surface area contributed by atoms with Crippen molar-refractivity contribution in [2.24, 2.45) is 5.16 Å². The van der Waals surface area contributed by atoms with Gasteiger partial charge in [-0.2, -0.15) is 0 Å². The van der Waals surface area contributed by atoms with Crippen LogP contribution in [-0.2, 0) is 10.7 Å². The van der Waals surface area contributed by atoms with E-state index in [0.717, 1.165) is 5.56 Å². The fraction of sp³-hybridized carbons (Fsp3) is 0.417. The van der Waals surface area contributed by atoms with Gasteiger partial charge in [-0.25, -0.2) is 0 Å². The molecule has 1 heterocycles. The monoisotopic (exact) mass is 255 g/mol. The number of aliphatic hydroxyl groups is 1. The first-order chi connectivity index (χ1) is 8.27. The summed E-state index contributed by atoms with van der Waals surface area (Å²) in [6.07, 6.45) is -0.161. The maximum absolute atomic E-state index is 10.2. The van der Waals surface area contributed by atoms with E-state index < -0.39 is 6.10 Å². The molecule has 92 valence electrons. The standard InChI is InChI=1S/C12H14ClNO3/c1-16-12-8(7-13)3-2-4-9(12)11(15)10-5-6-17-14-10/h2-4,11,15H,5-7H2,1H3. The lowest BCUT2D eigenvalue weighted by atomic mass is 10.00. The molecule has 1 aliphatic heterocycles. The zero-order chi connectivity index (χ0) is 12.3. The number of hydrogen-bond donors (Lipinski definition) is 1. The fourth-order valence-electron chi connectivity index (χ4n) is 1.86. The van der Waals surface area contributed by atoms with E-state index >= 15 is 0 Å². The number of rotatable bonds is 4. The molecule has 0 saturated carbocycles. The van der Waals surface area contributed by atoms with Crippen molar-refractivity contribution in [3.8, 4) is 5.75 Å². The molecule has 0 radical (unpaired) electrons. The van der Waals surface area contributed by atoms with Crippen LogP contribution in [0.2, 0.25) is 0 Å². The van der Waals surface area contributed by atoms with Gasteiger partial charge in [-0.05, 0) is 0 Å². The number of benzene rings is 1. The molecule has 1 N–H and O–H groups in total. The highest BCUT2D eigenvalue weighted by molar-refractivity contribution is 6.17. The highest BCUT2D eigenvalue weighted by Crippen LogP contribution is 2.32. The summed E-state index contributed by atoms with van der Waals surface area (Å²) >= 11 is 5.83. The number of aliphatic hydroxyl groups excluding tert-OH is 1. The van der Waals surface area contributed by atoms with E-state index in [-0.39, 0.29) is 0 Å². The zero-order valence-electron chi connectivity index (χ0n) is 9.52. The Kier molecular flexibility index (Phi) is 3.86. The van der Waals surface area contributed by atoms with E-state index in [1.54, 1.807) is 13.2 Å². The summed E-state index contributed by atoms with van der Waals surface area (Å²) in [4.78, 5) is 4.89. The van der Waals surface area contributed by atoms with E-state index in [0.29, 0.717) is 35.9 Å². The van der Waals surface area contributed by atoms with Crippen molar-refractivity contribution in [2.45, 2.75) is 18.4 Å². The highest BCUT2D eigenvalue weighted by Gasteiger charge is 2.23. The van der Waals surface area contributed by atoms with Crippen molar-refractivity contribution in [1.82, 2.24) is 0 Å². The van der Waals surface area contributed by atoms with Crippen LogP contribution in [0.25, 0.3) is 0 Å². The Labute approximate surface area is 105 Å².